The largest absolute Gasteiger partial charge is 0.493 e. The summed E-state index contributed by atoms with van der Waals surface area (Å²) in [7, 11) is -2.46. The van der Waals surface area contributed by atoms with Crippen molar-refractivity contribution in [2.45, 2.75) is 30.9 Å². The van der Waals surface area contributed by atoms with Crippen molar-refractivity contribution >= 4 is 33.0 Å². The highest BCUT2D eigenvalue weighted by atomic mass is 35.5. The SMILES string of the molecule is COc1cc(CN(CC(O)CO)S(=O)(=O)c2ccc(Cl)cc2)ccc1OCCc1scnc1C. The van der Waals surface area contributed by atoms with Crippen LogP contribution in [0.25, 0.3) is 0 Å². The van der Waals surface area contributed by atoms with Gasteiger partial charge in [0.15, 0.2) is 11.5 Å². The molecule has 0 aliphatic heterocycles. The van der Waals surface area contributed by atoms with E-state index in [1.807, 2.05) is 6.92 Å². The maximum Gasteiger partial charge on any atom is 0.243 e. The number of thiazole rings is 1. The number of rotatable bonds is 12. The Bertz CT molecular complexity index is 1180. The first kappa shape index (κ1) is 26.4. The molecule has 0 aliphatic rings. The summed E-state index contributed by atoms with van der Waals surface area (Å²) < 4.78 is 38.9. The summed E-state index contributed by atoms with van der Waals surface area (Å²) >= 11 is 7.47. The number of methoxy groups -OCH3 is 1. The molecule has 0 spiro atoms. The highest BCUT2D eigenvalue weighted by molar-refractivity contribution is 7.89. The molecule has 0 saturated heterocycles. The molecule has 8 nitrogen and oxygen atoms in total. The van der Waals surface area contributed by atoms with Gasteiger partial charge in [0.1, 0.15) is 0 Å². The molecule has 11 heteroatoms. The molecule has 0 fully saturated rings. The standard InChI is InChI=1S/C23H27ClN2O6S2/c1-16-23(33-15-25-16)9-10-32-21-8-3-17(11-22(21)31-2)12-26(13-19(28)14-27)34(29,30)20-6-4-18(24)5-7-20/h3-8,11,15,19,27-28H,9-10,12-14H2,1-2H3. The van der Waals surface area contributed by atoms with Gasteiger partial charge in [0.2, 0.25) is 10.0 Å². The fourth-order valence-electron chi connectivity index (χ4n) is 3.25. The first-order valence-electron chi connectivity index (χ1n) is 10.5. The zero-order valence-corrected chi connectivity index (χ0v) is 21.2. The van der Waals surface area contributed by atoms with Crippen molar-refractivity contribution in [2.75, 3.05) is 26.9 Å². The summed E-state index contributed by atoms with van der Waals surface area (Å²) in [5, 5.41) is 19.7. The molecule has 3 rings (SSSR count). The summed E-state index contributed by atoms with van der Waals surface area (Å²) in [5.41, 5.74) is 3.42. The highest BCUT2D eigenvalue weighted by Crippen LogP contribution is 2.30. The first-order chi connectivity index (χ1) is 16.2. The van der Waals surface area contributed by atoms with Gasteiger partial charge in [-0.3, -0.25) is 0 Å². The minimum absolute atomic E-state index is 0.0346. The van der Waals surface area contributed by atoms with Gasteiger partial charge >= 0.3 is 0 Å². The molecule has 0 saturated carbocycles. The second-order valence-corrected chi connectivity index (χ2v) is 10.8. The zero-order chi connectivity index (χ0) is 24.7. The maximum absolute atomic E-state index is 13.2. The molecule has 184 valence electrons. The Morgan fingerprint density at radius 2 is 1.91 bits per heavy atom. The van der Waals surface area contributed by atoms with E-state index < -0.39 is 22.7 Å². The number of nitrogens with zero attached hydrogens (tertiary/aromatic N) is 2. The van der Waals surface area contributed by atoms with Crippen molar-refractivity contribution in [3.8, 4) is 11.5 Å². The van der Waals surface area contributed by atoms with Crippen molar-refractivity contribution in [3.63, 3.8) is 0 Å². The quantitative estimate of drug-likeness (QED) is 0.373. The molecule has 0 bridgehead atoms. The number of benzene rings is 2. The number of aliphatic hydroxyl groups is 2. The van der Waals surface area contributed by atoms with Gasteiger partial charge < -0.3 is 19.7 Å². The van der Waals surface area contributed by atoms with Gasteiger partial charge in [0.05, 0.1) is 42.5 Å². The number of ether oxygens (including phenoxy) is 2. The summed E-state index contributed by atoms with van der Waals surface area (Å²) in [6.45, 7) is 1.51. The van der Waals surface area contributed by atoms with E-state index in [4.69, 9.17) is 21.1 Å². The Hall–Kier alpha value is -2.21. The number of aromatic nitrogens is 1. The number of aliphatic hydroxyl groups excluding tert-OH is 2. The lowest BCUT2D eigenvalue weighted by atomic mass is 10.2. The van der Waals surface area contributed by atoms with Gasteiger partial charge in [0, 0.05) is 29.4 Å². The Kier molecular flexibility index (Phi) is 9.29. The number of halogens is 1. The van der Waals surface area contributed by atoms with E-state index in [1.54, 1.807) is 35.0 Å². The molecular formula is C23H27ClN2O6S2. The van der Waals surface area contributed by atoms with Crippen LogP contribution in [0.15, 0.2) is 52.9 Å². The lowest BCUT2D eigenvalue weighted by molar-refractivity contribution is 0.0775. The summed E-state index contributed by atoms with van der Waals surface area (Å²) in [4.78, 5) is 5.42. The highest BCUT2D eigenvalue weighted by Gasteiger charge is 2.27. The van der Waals surface area contributed by atoms with E-state index in [9.17, 15) is 18.6 Å². The first-order valence-corrected chi connectivity index (χ1v) is 13.2. The Labute approximate surface area is 208 Å². The average molecular weight is 527 g/mol. The van der Waals surface area contributed by atoms with Gasteiger partial charge in [-0.15, -0.1) is 11.3 Å². The van der Waals surface area contributed by atoms with Crippen LogP contribution in [0.1, 0.15) is 16.1 Å². The third kappa shape index (κ3) is 6.68. The van der Waals surface area contributed by atoms with Crippen LogP contribution in [0.5, 0.6) is 11.5 Å². The third-order valence-electron chi connectivity index (χ3n) is 5.10. The maximum atomic E-state index is 13.2. The molecule has 34 heavy (non-hydrogen) atoms. The zero-order valence-electron chi connectivity index (χ0n) is 18.8. The minimum Gasteiger partial charge on any atom is -0.493 e. The van der Waals surface area contributed by atoms with Crippen LogP contribution in [0.4, 0.5) is 0 Å². The van der Waals surface area contributed by atoms with Gasteiger partial charge in [-0.05, 0) is 48.9 Å². The van der Waals surface area contributed by atoms with Gasteiger partial charge in [0.25, 0.3) is 0 Å². The van der Waals surface area contributed by atoms with Crippen LogP contribution >= 0.6 is 22.9 Å². The van der Waals surface area contributed by atoms with Crippen LogP contribution in [-0.4, -0.2) is 60.9 Å². The van der Waals surface area contributed by atoms with Crippen LogP contribution < -0.4 is 9.47 Å². The Morgan fingerprint density at radius 3 is 2.53 bits per heavy atom. The van der Waals surface area contributed by atoms with E-state index in [2.05, 4.69) is 4.98 Å². The van der Waals surface area contributed by atoms with Crippen molar-refractivity contribution in [2.24, 2.45) is 0 Å². The van der Waals surface area contributed by atoms with Crippen LogP contribution in [0, 0.1) is 6.92 Å². The molecule has 1 heterocycles. The Balaban J connectivity index is 1.78. The van der Waals surface area contributed by atoms with Gasteiger partial charge in [-0.25, -0.2) is 13.4 Å². The van der Waals surface area contributed by atoms with E-state index in [1.165, 1.54) is 31.4 Å². The van der Waals surface area contributed by atoms with Crippen LogP contribution in [0.3, 0.4) is 0 Å². The molecule has 0 radical (unpaired) electrons. The molecule has 3 aromatic rings. The van der Waals surface area contributed by atoms with E-state index in [-0.39, 0.29) is 18.0 Å². The third-order valence-corrected chi connectivity index (χ3v) is 8.17. The summed E-state index contributed by atoms with van der Waals surface area (Å²) in [5.74, 6) is 1.00. The number of hydrogen-bond acceptors (Lipinski definition) is 8. The number of aryl methyl sites for hydroxylation is 1. The minimum atomic E-state index is -3.97. The molecule has 2 N–H and O–H groups in total. The molecule has 0 amide bonds. The number of sulfonamides is 1. The van der Waals surface area contributed by atoms with Gasteiger partial charge in [-0.2, -0.15) is 4.31 Å². The normalized spacial score (nSPS) is 12.6. The van der Waals surface area contributed by atoms with Gasteiger partial charge in [-0.1, -0.05) is 17.7 Å². The monoisotopic (exact) mass is 526 g/mol. The van der Waals surface area contributed by atoms with E-state index >= 15 is 0 Å². The van der Waals surface area contributed by atoms with E-state index in [0.717, 1.165) is 14.9 Å². The molecule has 1 unspecified atom stereocenters. The van der Waals surface area contributed by atoms with Crippen LogP contribution in [-0.2, 0) is 23.0 Å². The van der Waals surface area contributed by atoms with Crippen molar-refractivity contribution < 1.29 is 28.1 Å². The molecule has 1 atom stereocenters. The predicted octanol–water partition coefficient (Wildman–Crippen LogP) is 3.28. The van der Waals surface area contributed by atoms with Crippen molar-refractivity contribution in [1.82, 2.24) is 9.29 Å². The van der Waals surface area contributed by atoms with Crippen molar-refractivity contribution in [3.05, 3.63) is 69.1 Å². The molecular weight excluding hydrogens is 500 g/mol. The lowest BCUT2D eigenvalue weighted by Gasteiger charge is -2.24. The van der Waals surface area contributed by atoms with E-state index in [0.29, 0.717) is 35.1 Å². The second kappa shape index (κ2) is 12.0. The molecule has 1 aromatic heterocycles. The average Bonchev–Trinajstić information content (AvgIpc) is 3.24. The van der Waals surface area contributed by atoms with Crippen LogP contribution in [0.2, 0.25) is 5.02 Å². The fraction of sp³-hybridized carbons (Fsp3) is 0.348. The lowest BCUT2D eigenvalue weighted by Crippen LogP contribution is -2.38. The predicted molar refractivity (Wildman–Crippen MR) is 131 cm³/mol. The molecule has 2 aromatic carbocycles. The fourth-order valence-corrected chi connectivity index (χ4v) is 5.60. The summed E-state index contributed by atoms with van der Waals surface area (Å²) in [6.07, 6.45) is -0.519. The second-order valence-electron chi connectivity index (χ2n) is 7.53. The summed E-state index contributed by atoms with van der Waals surface area (Å²) in [6, 6.07) is 10.9. The Morgan fingerprint density at radius 1 is 1.18 bits per heavy atom. The molecule has 0 aliphatic carbocycles. The van der Waals surface area contributed by atoms with Crippen molar-refractivity contribution in [1.29, 1.82) is 0 Å². The smallest absolute Gasteiger partial charge is 0.243 e. The topological polar surface area (TPSA) is 109 Å². The number of hydrogen-bond donors (Lipinski definition) is 2.